The summed E-state index contributed by atoms with van der Waals surface area (Å²) in [5, 5.41) is 2.63. The van der Waals surface area contributed by atoms with E-state index in [2.05, 4.69) is 10.0 Å². The van der Waals surface area contributed by atoms with E-state index in [-0.39, 0.29) is 30.4 Å². The highest BCUT2D eigenvalue weighted by Gasteiger charge is 2.22. The number of nitrogens with one attached hydrogen (secondary N) is 2. The zero-order chi connectivity index (χ0) is 20.8. The van der Waals surface area contributed by atoms with Crippen molar-refractivity contribution in [3.05, 3.63) is 28.3 Å². The first kappa shape index (κ1) is 23.1. The van der Waals surface area contributed by atoms with Crippen LogP contribution in [0.2, 0.25) is 0 Å². The summed E-state index contributed by atoms with van der Waals surface area (Å²) in [6.07, 6.45) is -0.153. The van der Waals surface area contributed by atoms with E-state index < -0.39 is 16.0 Å². The minimum Gasteiger partial charge on any atom is -0.456 e. The highest BCUT2D eigenvalue weighted by Crippen LogP contribution is 2.25. The average molecular weight is 399 g/mol. The molecule has 1 aromatic rings. The molecule has 0 radical (unpaired) electrons. The van der Waals surface area contributed by atoms with Gasteiger partial charge in [-0.25, -0.2) is 13.1 Å². The Hall–Kier alpha value is -1.93. The summed E-state index contributed by atoms with van der Waals surface area (Å²) >= 11 is 0. The molecule has 0 saturated heterocycles. The van der Waals surface area contributed by atoms with Crippen LogP contribution in [0.4, 0.5) is 0 Å². The number of hydrogen-bond acceptors (Lipinski definition) is 5. The quantitative estimate of drug-likeness (QED) is 0.619. The normalized spacial score (nSPS) is 11.5. The molecule has 152 valence electrons. The second-order valence-electron chi connectivity index (χ2n) is 7.10. The highest BCUT2D eigenvalue weighted by atomic mass is 32.2. The largest absolute Gasteiger partial charge is 0.456 e. The lowest BCUT2D eigenvalue weighted by Crippen LogP contribution is -2.32. The summed E-state index contributed by atoms with van der Waals surface area (Å²) < 4.78 is 32.6. The molecule has 8 heteroatoms. The summed E-state index contributed by atoms with van der Waals surface area (Å²) in [7, 11) is -3.75. The molecule has 0 spiro atoms. The molecule has 0 aliphatic heterocycles. The van der Waals surface area contributed by atoms with Crippen LogP contribution in [0.5, 0.6) is 0 Å². The standard InChI is InChI=1S/C19H30N2O5S/c1-12(2)10-20-17(22)11-26-18(23)7-8-21-27(24,25)19-15(5)13(3)9-14(4)16(19)6/h9,12,21H,7-8,10-11H2,1-6H3,(H,20,22). The molecule has 1 amide bonds. The van der Waals surface area contributed by atoms with Crippen LogP contribution < -0.4 is 10.0 Å². The van der Waals surface area contributed by atoms with E-state index in [1.54, 1.807) is 13.8 Å². The third-order valence-corrected chi connectivity index (χ3v) is 5.99. The van der Waals surface area contributed by atoms with Crippen LogP contribution in [-0.4, -0.2) is 40.0 Å². The van der Waals surface area contributed by atoms with Crippen LogP contribution in [0.15, 0.2) is 11.0 Å². The second-order valence-corrected chi connectivity index (χ2v) is 8.80. The highest BCUT2D eigenvalue weighted by molar-refractivity contribution is 7.89. The average Bonchev–Trinajstić information content (AvgIpc) is 2.56. The van der Waals surface area contributed by atoms with Gasteiger partial charge in [-0.3, -0.25) is 9.59 Å². The van der Waals surface area contributed by atoms with Gasteiger partial charge in [0, 0.05) is 13.1 Å². The van der Waals surface area contributed by atoms with Crippen LogP contribution in [0.1, 0.15) is 42.5 Å². The maximum Gasteiger partial charge on any atom is 0.307 e. The molecule has 0 unspecified atom stereocenters. The Morgan fingerprint density at radius 2 is 1.63 bits per heavy atom. The minimum absolute atomic E-state index is 0.0966. The number of hydrogen-bond donors (Lipinski definition) is 2. The molecule has 27 heavy (non-hydrogen) atoms. The van der Waals surface area contributed by atoms with Crippen LogP contribution in [0, 0.1) is 33.6 Å². The number of carbonyl (C=O) groups is 2. The molecule has 2 N–H and O–H groups in total. The van der Waals surface area contributed by atoms with E-state index in [0.717, 1.165) is 11.1 Å². The first-order chi connectivity index (χ1) is 12.5. The zero-order valence-corrected chi connectivity index (χ0v) is 17.7. The predicted octanol–water partition coefficient (Wildman–Crippen LogP) is 1.90. The van der Waals surface area contributed by atoms with E-state index in [0.29, 0.717) is 23.6 Å². The lowest BCUT2D eigenvalue weighted by atomic mass is 10.0. The van der Waals surface area contributed by atoms with Crippen LogP contribution >= 0.6 is 0 Å². The Morgan fingerprint density at radius 1 is 1.07 bits per heavy atom. The fraction of sp³-hybridized carbons (Fsp3) is 0.579. The monoisotopic (exact) mass is 398 g/mol. The molecule has 0 aromatic heterocycles. The SMILES string of the molecule is Cc1cc(C)c(C)c(S(=O)(=O)NCCC(=O)OCC(=O)NCC(C)C)c1C. The lowest BCUT2D eigenvalue weighted by molar-refractivity contribution is -0.148. The number of sulfonamides is 1. The van der Waals surface area contributed by atoms with Crippen molar-refractivity contribution < 1.29 is 22.7 Å². The molecule has 0 heterocycles. The maximum atomic E-state index is 12.6. The van der Waals surface area contributed by atoms with Gasteiger partial charge in [-0.15, -0.1) is 0 Å². The Labute approximate surface area is 161 Å². The van der Waals surface area contributed by atoms with Crippen molar-refractivity contribution in [1.29, 1.82) is 0 Å². The number of amides is 1. The minimum atomic E-state index is -3.75. The van der Waals surface area contributed by atoms with Gasteiger partial charge in [0.25, 0.3) is 5.91 Å². The number of carbonyl (C=O) groups excluding carboxylic acids is 2. The van der Waals surface area contributed by atoms with Crippen molar-refractivity contribution in [2.75, 3.05) is 19.7 Å². The van der Waals surface area contributed by atoms with E-state index in [9.17, 15) is 18.0 Å². The number of esters is 1. The molecule has 0 aliphatic carbocycles. The summed E-state index contributed by atoms with van der Waals surface area (Å²) in [4.78, 5) is 23.5. The van der Waals surface area contributed by atoms with Gasteiger partial charge in [0.1, 0.15) is 0 Å². The molecule has 0 fully saturated rings. The molecule has 7 nitrogen and oxygen atoms in total. The summed E-state index contributed by atoms with van der Waals surface area (Å²) in [5.41, 5.74) is 3.17. The number of ether oxygens (including phenoxy) is 1. The van der Waals surface area contributed by atoms with E-state index in [4.69, 9.17) is 4.74 Å². The molecular formula is C19H30N2O5S. The molecular weight excluding hydrogens is 368 g/mol. The Kier molecular flexibility index (Phi) is 8.43. The van der Waals surface area contributed by atoms with Crippen molar-refractivity contribution in [2.24, 2.45) is 5.92 Å². The Balaban J connectivity index is 2.59. The smallest absolute Gasteiger partial charge is 0.307 e. The molecule has 0 saturated carbocycles. The molecule has 1 rings (SSSR count). The van der Waals surface area contributed by atoms with Gasteiger partial charge in [0.05, 0.1) is 11.3 Å². The summed E-state index contributed by atoms with van der Waals surface area (Å²) in [6, 6.07) is 1.95. The second kappa shape index (κ2) is 9.85. The fourth-order valence-electron chi connectivity index (χ4n) is 2.53. The van der Waals surface area contributed by atoms with Crippen molar-refractivity contribution >= 4 is 21.9 Å². The van der Waals surface area contributed by atoms with Crippen molar-refractivity contribution in [3.8, 4) is 0 Å². The van der Waals surface area contributed by atoms with Gasteiger partial charge in [0.2, 0.25) is 10.0 Å². The molecule has 0 bridgehead atoms. The lowest BCUT2D eigenvalue weighted by Gasteiger charge is -2.16. The molecule has 1 aromatic carbocycles. The van der Waals surface area contributed by atoms with E-state index in [1.807, 2.05) is 33.8 Å². The predicted molar refractivity (Wildman–Crippen MR) is 104 cm³/mol. The fourth-order valence-corrected chi connectivity index (χ4v) is 4.17. The first-order valence-corrected chi connectivity index (χ1v) is 10.4. The van der Waals surface area contributed by atoms with E-state index >= 15 is 0 Å². The number of benzene rings is 1. The molecule has 0 atom stereocenters. The van der Waals surface area contributed by atoms with Gasteiger partial charge < -0.3 is 10.1 Å². The summed E-state index contributed by atoms with van der Waals surface area (Å²) in [5.74, 6) is -0.707. The maximum absolute atomic E-state index is 12.6. The third-order valence-electron chi connectivity index (χ3n) is 4.26. The van der Waals surface area contributed by atoms with Crippen molar-refractivity contribution in [3.63, 3.8) is 0 Å². The van der Waals surface area contributed by atoms with E-state index in [1.165, 1.54) is 0 Å². The van der Waals surface area contributed by atoms with Crippen molar-refractivity contribution in [1.82, 2.24) is 10.0 Å². The van der Waals surface area contributed by atoms with Crippen LogP contribution in [-0.2, 0) is 24.3 Å². The third kappa shape index (κ3) is 6.95. The van der Waals surface area contributed by atoms with Gasteiger partial charge in [0.15, 0.2) is 6.61 Å². The van der Waals surface area contributed by atoms with Gasteiger partial charge in [-0.05, 0) is 55.9 Å². The topological polar surface area (TPSA) is 102 Å². The van der Waals surface area contributed by atoms with Gasteiger partial charge >= 0.3 is 5.97 Å². The van der Waals surface area contributed by atoms with Gasteiger partial charge in [-0.2, -0.15) is 0 Å². The molecule has 0 aliphatic rings. The van der Waals surface area contributed by atoms with Crippen LogP contribution in [0.25, 0.3) is 0 Å². The number of aryl methyl sites for hydroxylation is 2. The van der Waals surface area contributed by atoms with Crippen LogP contribution in [0.3, 0.4) is 0 Å². The van der Waals surface area contributed by atoms with Crippen molar-refractivity contribution in [2.45, 2.75) is 52.9 Å². The van der Waals surface area contributed by atoms with Gasteiger partial charge in [-0.1, -0.05) is 19.9 Å². The Morgan fingerprint density at radius 3 is 2.15 bits per heavy atom. The number of rotatable bonds is 9. The first-order valence-electron chi connectivity index (χ1n) is 8.95. The summed E-state index contributed by atoms with van der Waals surface area (Å²) in [6.45, 7) is 11.2. The Bertz CT molecular complexity index is 775. The zero-order valence-electron chi connectivity index (χ0n) is 16.9.